The second-order valence-electron chi connectivity index (χ2n) is 3.79. The second kappa shape index (κ2) is 3.96. The molecule has 2 rings (SSSR count). The highest BCUT2D eigenvalue weighted by molar-refractivity contribution is 5.88. The first kappa shape index (κ1) is 10.7. The van der Waals surface area contributed by atoms with Crippen LogP contribution in [0.3, 0.4) is 0 Å². The van der Waals surface area contributed by atoms with Crippen LogP contribution in [0.4, 0.5) is 0 Å². The van der Waals surface area contributed by atoms with E-state index in [1.165, 1.54) is 0 Å². The van der Waals surface area contributed by atoms with Crippen LogP contribution in [0.1, 0.15) is 24.4 Å². The van der Waals surface area contributed by atoms with Gasteiger partial charge in [-0.1, -0.05) is 0 Å². The zero-order valence-corrected chi connectivity index (χ0v) is 9.01. The van der Waals surface area contributed by atoms with Gasteiger partial charge in [0.1, 0.15) is 5.82 Å². The van der Waals surface area contributed by atoms with Crippen LogP contribution in [0.15, 0.2) is 6.20 Å². The van der Waals surface area contributed by atoms with Crippen molar-refractivity contribution in [3.63, 3.8) is 0 Å². The van der Waals surface area contributed by atoms with Gasteiger partial charge in [-0.2, -0.15) is 0 Å². The van der Waals surface area contributed by atoms with Gasteiger partial charge in [0.25, 0.3) is 0 Å². The van der Waals surface area contributed by atoms with E-state index < -0.39 is 5.97 Å². The Morgan fingerprint density at radius 3 is 2.94 bits per heavy atom. The van der Waals surface area contributed by atoms with E-state index in [0.717, 1.165) is 17.9 Å². The second-order valence-corrected chi connectivity index (χ2v) is 3.79. The van der Waals surface area contributed by atoms with Crippen LogP contribution in [-0.4, -0.2) is 33.2 Å². The Hall–Kier alpha value is -1.85. The molecule has 0 radical (unpaired) electrons. The zero-order chi connectivity index (χ0) is 11.7. The Labute approximate surface area is 92.5 Å². The van der Waals surface area contributed by atoms with E-state index >= 15 is 0 Å². The molecule has 6 nitrogen and oxygen atoms in total. The van der Waals surface area contributed by atoms with Crippen molar-refractivity contribution < 1.29 is 14.7 Å². The van der Waals surface area contributed by atoms with Gasteiger partial charge in [-0.3, -0.25) is 9.59 Å². The van der Waals surface area contributed by atoms with E-state index in [-0.39, 0.29) is 18.7 Å². The molecule has 0 aromatic carbocycles. The highest BCUT2D eigenvalue weighted by Gasteiger charge is 2.26. The van der Waals surface area contributed by atoms with Crippen molar-refractivity contribution in [2.24, 2.45) is 0 Å². The number of carbonyl (C=O) groups excluding carboxylic acids is 1. The molecule has 0 saturated carbocycles. The van der Waals surface area contributed by atoms with Crippen molar-refractivity contribution >= 4 is 11.9 Å². The number of carbonyl (C=O) groups is 2. The minimum absolute atomic E-state index is 0.0341. The van der Waals surface area contributed by atoms with Gasteiger partial charge in [0, 0.05) is 12.8 Å². The number of hydrogen-bond donors (Lipinski definition) is 1. The highest BCUT2D eigenvalue weighted by atomic mass is 16.4. The predicted molar refractivity (Wildman–Crippen MR) is 55.6 cm³/mol. The Morgan fingerprint density at radius 2 is 2.25 bits per heavy atom. The Bertz CT molecular complexity index is 439. The number of nitrogens with zero attached hydrogens (tertiary/aromatic N) is 3. The van der Waals surface area contributed by atoms with Crippen molar-refractivity contribution in [3.8, 4) is 0 Å². The smallest absolute Gasteiger partial charge is 0.303 e. The maximum Gasteiger partial charge on any atom is 0.303 e. The van der Waals surface area contributed by atoms with E-state index in [0.29, 0.717) is 6.54 Å². The number of aromatic nitrogens is 2. The molecule has 0 bridgehead atoms. The SMILES string of the molecule is Cc1cnc2n1N(C(=O)CCC(=O)O)CC2. The summed E-state index contributed by atoms with van der Waals surface area (Å²) in [5, 5.41) is 10.1. The third-order valence-corrected chi connectivity index (χ3v) is 2.61. The molecular weight excluding hydrogens is 210 g/mol. The van der Waals surface area contributed by atoms with Gasteiger partial charge in [-0.05, 0) is 6.92 Å². The van der Waals surface area contributed by atoms with Crippen molar-refractivity contribution in [2.75, 3.05) is 11.6 Å². The largest absolute Gasteiger partial charge is 0.481 e. The quantitative estimate of drug-likeness (QED) is 0.787. The normalized spacial score (nSPS) is 13.9. The highest BCUT2D eigenvalue weighted by Crippen LogP contribution is 2.14. The Kier molecular flexibility index (Phi) is 2.64. The van der Waals surface area contributed by atoms with Crippen LogP contribution in [-0.2, 0) is 16.0 Å². The fourth-order valence-corrected chi connectivity index (χ4v) is 1.87. The third kappa shape index (κ3) is 1.78. The van der Waals surface area contributed by atoms with Crippen molar-refractivity contribution in [1.29, 1.82) is 0 Å². The molecule has 1 aromatic heterocycles. The van der Waals surface area contributed by atoms with Crippen LogP contribution in [0.5, 0.6) is 0 Å². The first-order chi connectivity index (χ1) is 7.59. The van der Waals surface area contributed by atoms with E-state index in [1.807, 2.05) is 6.92 Å². The number of aryl methyl sites for hydroxylation is 1. The molecule has 0 spiro atoms. The molecule has 0 atom stereocenters. The van der Waals surface area contributed by atoms with Gasteiger partial charge in [-0.25, -0.2) is 14.7 Å². The number of fused-ring (bicyclic) bond motifs is 1. The molecule has 1 aliphatic heterocycles. The van der Waals surface area contributed by atoms with Crippen LogP contribution < -0.4 is 5.01 Å². The molecule has 1 aliphatic rings. The summed E-state index contributed by atoms with van der Waals surface area (Å²) in [6.07, 6.45) is 2.35. The number of imidazole rings is 1. The van der Waals surface area contributed by atoms with E-state index in [2.05, 4.69) is 4.98 Å². The fourth-order valence-electron chi connectivity index (χ4n) is 1.87. The van der Waals surface area contributed by atoms with Crippen molar-refractivity contribution in [1.82, 2.24) is 9.66 Å². The summed E-state index contributed by atoms with van der Waals surface area (Å²) in [4.78, 5) is 26.3. The number of hydrogen-bond acceptors (Lipinski definition) is 3. The maximum atomic E-state index is 11.8. The lowest BCUT2D eigenvalue weighted by molar-refractivity contribution is -0.138. The molecule has 1 amide bonds. The maximum absolute atomic E-state index is 11.8. The molecule has 0 unspecified atom stereocenters. The molecule has 1 aromatic rings. The summed E-state index contributed by atoms with van der Waals surface area (Å²) >= 11 is 0. The van der Waals surface area contributed by atoms with Crippen LogP contribution in [0.25, 0.3) is 0 Å². The van der Waals surface area contributed by atoms with Crippen molar-refractivity contribution in [3.05, 3.63) is 17.7 Å². The van der Waals surface area contributed by atoms with E-state index in [1.54, 1.807) is 15.9 Å². The standard InChI is InChI=1S/C10H13N3O3/c1-7-6-11-8-4-5-12(13(7)8)9(14)2-3-10(15)16/h6H,2-5H2,1H3,(H,15,16). The third-order valence-electron chi connectivity index (χ3n) is 2.61. The van der Waals surface area contributed by atoms with Gasteiger partial charge < -0.3 is 5.11 Å². The van der Waals surface area contributed by atoms with Gasteiger partial charge in [0.05, 0.1) is 24.9 Å². The minimum atomic E-state index is -0.949. The molecule has 2 heterocycles. The molecule has 0 saturated heterocycles. The lowest BCUT2D eigenvalue weighted by Crippen LogP contribution is -2.38. The Morgan fingerprint density at radius 1 is 1.50 bits per heavy atom. The number of carboxylic acid groups (broad SMARTS) is 1. The fraction of sp³-hybridized carbons (Fsp3) is 0.500. The number of rotatable bonds is 3. The summed E-state index contributed by atoms with van der Waals surface area (Å²) in [6.45, 7) is 2.46. The van der Waals surface area contributed by atoms with Crippen molar-refractivity contribution in [2.45, 2.75) is 26.2 Å². The molecule has 16 heavy (non-hydrogen) atoms. The van der Waals surface area contributed by atoms with Gasteiger partial charge in [-0.15, -0.1) is 0 Å². The summed E-state index contributed by atoms with van der Waals surface area (Å²) in [5.74, 6) is -0.251. The summed E-state index contributed by atoms with van der Waals surface area (Å²) in [7, 11) is 0. The number of carboxylic acids is 1. The summed E-state index contributed by atoms with van der Waals surface area (Å²) in [5.41, 5.74) is 0.899. The first-order valence-electron chi connectivity index (χ1n) is 5.15. The average molecular weight is 223 g/mol. The molecule has 86 valence electrons. The van der Waals surface area contributed by atoms with Crippen LogP contribution in [0.2, 0.25) is 0 Å². The topological polar surface area (TPSA) is 75.4 Å². The molecule has 6 heteroatoms. The minimum Gasteiger partial charge on any atom is -0.481 e. The zero-order valence-electron chi connectivity index (χ0n) is 9.01. The first-order valence-corrected chi connectivity index (χ1v) is 5.15. The van der Waals surface area contributed by atoms with E-state index in [9.17, 15) is 9.59 Å². The predicted octanol–water partition coefficient (Wildman–Crippen LogP) is 0.0770. The number of aliphatic carboxylic acids is 1. The van der Waals surface area contributed by atoms with Crippen LogP contribution >= 0.6 is 0 Å². The monoisotopic (exact) mass is 223 g/mol. The lowest BCUT2D eigenvalue weighted by Gasteiger charge is -2.19. The van der Waals surface area contributed by atoms with E-state index in [4.69, 9.17) is 5.11 Å². The van der Waals surface area contributed by atoms with Gasteiger partial charge in [0.15, 0.2) is 0 Å². The Balaban J connectivity index is 2.09. The molecule has 0 aliphatic carbocycles. The van der Waals surface area contributed by atoms with Crippen LogP contribution in [0, 0.1) is 6.92 Å². The molecule has 0 fully saturated rings. The lowest BCUT2D eigenvalue weighted by atomic mass is 10.3. The van der Waals surface area contributed by atoms with Gasteiger partial charge >= 0.3 is 5.97 Å². The average Bonchev–Trinajstić information content (AvgIpc) is 2.78. The molecule has 1 N–H and O–H groups in total. The summed E-state index contributed by atoms with van der Waals surface area (Å²) < 4.78 is 1.77. The molecular formula is C10H13N3O3. The number of amides is 1. The van der Waals surface area contributed by atoms with Gasteiger partial charge in [0.2, 0.25) is 5.91 Å². The summed E-state index contributed by atoms with van der Waals surface area (Å²) in [6, 6.07) is 0.